The minimum atomic E-state index is -0.0600. The van der Waals surface area contributed by atoms with Gasteiger partial charge in [-0.25, -0.2) is 0 Å². The lowest BCUT2D eigenvalue weighted by Crippen LogP contribution is -2.26. The van der Waals surface area contributed by atoms with Crippen LogP contribution in [0.5, 0.6) is 5.75 Å². The zero-order valence-corrected chi connectivity index (χ0v) is 9.50. The number of aryl methyl sites for hydroxylation is 1. The first-order valence-electron chi connectivity index (χ1n) is 5.61. The van der Waals surface area contributed by atoms with Crippen LogP contribution in [0.25, 0.3) is 5.57 Å². The van der Waals surface area contributed by atoms with Crippen molar-refractivity contribution in [2.24, 2.45) is 5.92 Å². The van der Waals surface area contributed by atoms with Gasteiger partial charge in [0.15, 0.2) is 0 Å². The van der Waals surface area contributed by atoms with E-state index in [-0.39, 0.29) is 5.60 Å². The molecular formula is C14H16O. The molecule has 1 heterocycles. The van der Waals surface area contributed by atoms with Gasteiger partial charge in [0.1, 0.15) is 11.4 Å². The summed E-state index contributed by atoms with van der Waals surface area (Å²) in [5.74, 6) is 1.70. The zero-order valence-electron chi connectivity index (χ0n) is 9.50. The van der Waals surface area contributed by atoms with Gasteiger partial charge in [0.05, 0.1) is 0 Å². The Bertz CT molecular complexity index is 458. The average Bonchev–Trinajstić information content (AvgIpc) is 2.53. The Kier molecular flexibility index (Phi) is 1.60. The van der Waals surface area contributed by atoms with Crippen molar-refractivity contribution in [2.75, 3.05) is 0 Å². The van der Waals surface area contributed by atoms with Gasteiger partial charge in [0.25, 0.3) is 0 Å². The van der Waals surface area contributed by atoms with Crippen LogP contribution in [0.15, 0.2) is 24.3 Å². The molecule has 0 saturated carbocycles. The maximum Gasteiger partial charge on any atom is 0.132 e. The summed E-state index contributed by atoms with van der Waals surface area (Å²) < 4.78 is 6.10. The summed E-state index contributed by atoms with van der Waals surface area (Å²) in [6, 6.07) is 6.50. The summed E-state index contributed by atoms with van der Waals surface area (Å²) in [7, 11) is 0. The maximum absolute atomic E-state index is 6.10. The summed E-state index contributed by atoms with van der Waals surface area (Å²) in [6.45, 7) is 6.57. The molecule has 1 heteroatoms. The quantitative estimate of drug-likeness (QED) is 0.622. The topological polar surface area (TPSA) is 9.23 Å². The molecule has 0 N–H and O–H groups in total. The van der Waals surface area contributed by atoms with Crippen molar-refractivity contribution < 1.29 is 4.74 Å². The Morgan fingerprint density at radius 3 is 3.00 bits per heavy atom. The van der Waals surface area contributed by atoms with Gasteiger partial charge in [-0.15, -0.1) is 0 Å². The molecule has 0 saturated heterocycles. The minimum absolute atomic E-state index is 0.0600. The predicted molar refractivity (Wildman–Crippen MR) is 62.0 cm³/mol. The zero-order chi connectivity index (χ0) is 10.6. The number of hydrogen-bond donors (Lipinski definition) is 0. The van der Waals surface area contributed by atoms with E-state index in [1.54, 1.807) is 0 Å². The molecule has 2 unspecified atom stereocenters. The molecule has 0 spiro atoms. The summed E-state index contributed by atoms with van der Waals surface area (Å²) in [6.07, 6.45) is 3.47. The molecule has 0 aromatic heterocycles. The van der Waals surface area contributed by atoms with E-state index >= 15 is 0 Å². The van der Waals surface area contributed by atoms with Crippen LogP contribution in [-0.4, -0.2) is 5.60 Å². The van der Waals surface area contributed by atoms with Gasteiger partial charge in [-0.2, -0.15) is 0 Å². The number of allylic oxidation sites excluding steroid dienone is 1. The lowest BCUT2D eigenvalue weighted by atomic mass is 9.94. The molecule has 0 fully saturated rings. The van der Waals surface area contributed by atoms with Crippen molar-refractivity contribution in [3.05, 3.63) is 35.4 Å². The first-order valence-corrected chi connectivity index (χ1v) is 5.61. The lowest BCUT2D eigenvalue weighted by molar-refractivity contribution is 0.154. The lowest BCUT2D eigenvalue weighted by Gasteiger charge is -2.21. The fourth-order valence-corrected chi connectivity index (χ4v) is 2.89. The first-order chi connectivity index (χ1) is 7.08. The SMILES string of the molecule is Cc1ccc2c(c1)OC1(C)CC(C)C=C21. The summed E-state index contributed by atoms with van der Waals surface area (Å²) in [5.41, 5.74) is 3.90. The highest BCUT2D eigenvalue weighted by molar-refractivity contribution is 5.82. The van der Waals surface area contributed by atoms with Crippen LogP contribution in [-0.2, 0) is 0 Å². The summed E-state index contributed by atoms with van der Waals surface area (Å²) >= 11 is 0. The van der Waals surface area contributed by atoms with Crippen LogP contribution >= 0.6 is 0 Å². The smallest absolute Gasteiger partial charge is 0.132 e. The highest BCUT2D eigenvalue weighted by atomic mass is 16.5. The van der Waals surface area contributed by atoms with Gasteiger partial charge in [-0.05, 0) is 37.8 Å². The Hall–Kier alpha value is -1.24. The summed E-state index contributed by atoms with van der Waals surface area (Å²) in [4.78, 5) is 0. The third kappa shape index (κ3) is 1.16. The molecule has 15 heavy (non-hydrogen) atoms. The normalized spacial score (nSPS) is 31.9. The van der Waals surface area contributed by atoms with Gasteiger partial charge in [-0.3, -0.25) is 0 Å². The van der Waals surface area contributed by atoms with E-state index in [1.165, 1.54) is 16.7 Å². The molecule has 78 valence electrons. The standard InChI is InChI=1S/C14H16O/c1-9-4-5-11-12-6-10(2)8-14(12,3)15-13(11)7-9/h4-7,10H,8H2,1-3H3. The molecular weight excluding hydrogens is 184 g/mol. The molecule has 1 aliphatic carbocycles. The average molecular weight is 200 g/mol. The third-order valence-corrected chi connectivity index (χ3v) is 3.49. The van der Waals surface area contributed by atoms with E-state index in [0.29, 0.717) is 5.92 Å². The van der Waals surface area contributed by atoms with Crippen LogP contribution in [0.2, 0.25) is 0 Å². The molecule has 2 atom stereocenters. The van der Waals surface area contributed by atoms with Crippen LogP contribution in [0.4, 0.5) is 0 Å². The molecule has 0 bridgehead atoms. The van der Waals surface area contributed by atoms with E-state index in [1.807, 2.05) is 0 Å². The molecule has 1 aliphatic heterocycles. The minimum Gasteiger partial charge on any atom is -0.482 e. The number of fused-ring (bicyclic) bond motifs is 3. The predicted octanol–water partition coefficient (Wildman–Crippen LogP) is 3.57. The van der Waals surface area contributed by atoms with Crippen LogP contribution < -0.4 is 4.74 Å². The molecule has 1 nitrogen and oxygen atoms in total. The van der Waals surface area contributed by atoms with Gasteiger partial charge >= 0.3 is 0 Å². The first kappa shape index (κ1) is 9.02. The van der Waals surface area contributed by atoms with Crippen molar-refractivity contribution >= 4 is 5.57 Å². The molecule has 0 radical (unpaired) electrons. The monoisotopic (exact) mass is 200 g/mol. The molecule has 2 aliphatic rings. The largest absolute Gasteiger partial charge is 0.482 e. The Morgan fingerprint density at radius 1 is 1.40 bits per heavy atom. The molecule has 3 rings (SSSR count). The van der Waals surface area contributed by atoms with E-state index in [0.717, 1.165) is 12.2 Å². The van der Waals surface area contributed by atoms with Gasteiger partial charge in [0.2, 0.25) is 0 Å². The van der Waals surface area contributed by atoms with Crippen LogP contribution in [0.1, 0.15) is 31.4 Å². The maximum atomic E-state index is 6.10. The van der Waals surface area contributed by atoms with Gasteiger partial charge in [-0.1, -0.05) is 25.1 Å². The fraction of sp³-hybridized carbons (Fsp3) is 0.429. The highest BCUT2D eigenvalue weighted by Gasteiger charge is 2.44. The Balaban J connectivity index is 2.18. The van der Waals surface area contributed by atoms with Crippen molar-refractivity contribution in [3.63, 3.8) is 0 Å². The number of ether oxygens (including phenoxy) is 1. The second kappa shape index (κ2) is 2.66. The van der Waals surface area contributed by atoms with E-state index in [4.69, 9.17) is 4.74 Å². The third-order valence-electron chi connectivity index (χ3n) is 3.49. The Morgan fingerprint density at radius 2 is 2.20 bits per heavy atom. The summed E-state index contributed by atoms with van der Waals surface area (Å²) in [5, 5.41) is 0. The fourth-order valence-electron chi connectivity index (χ4n) is 2.89. The van der Waals surface area contributed by atoms with E-state index in [2.05, 4.69) is 45.0 Å². The number of hydrogen-bond acceptors (Lipinski definition) is 1. The van der Waals surface area contributed by atoms with Crippen LogP contribution in [0, 0.1) is 12.8 Å². The molecule has 0 amide bonds. The number of rotatable bonds is 0. The number of benzene rings is 1. The van der Waals surface area contributed by atoms with E-state index in [9.17, 15) is 0 Å². The van der Waals surface area contributed by atoms with Gasteiger partial charge in [0, 0.05) is 11.1 Å². The van der Waals surface area contributed by atoms with Crippen LogP contribution in [0.3, 0.4) is 0 Å². The Labute approximate surface area is 90.8 Å². The second-order valence-corrected chi connectivity index (χ2v) is 5.09. The molecule has 1 aromatic carbocycles. The van der Waals surface area contributed by atoms with Crippen molar-refractivity contribution in [1.29, 1.82) is 0 Å². The van der Waals surface area contributed by atoms with Crippen molar-refractivity contribution in [2.45, 2.75) is 32.8 Å². The highest BCUT2D eigenvalue weighted by Crippen LogP contribution is 2.51. The van der Waals surface area contributed by atoms with E-state index < -0.39 is 0 Å². The second-order valence-electron chi connectivity index (χ2n) is 5.09. The van der Waals surface area contributed by atoms with Crippen molar-refractivity contribution in [1.82, 2.24) is 0 Å². The van der Waals surface area contributed by atoms with Crippen molar-refractivity contribution in [3.8, 4) is 5.75 Å². The molecule has 1 aromatic rings. The van der Waals surface area contributed by atoms with Gasteiger partial charge < -0.3 is 4.74 Å².